The van der Waals surface area contributed by atoms with Crippen molar-refractivity contribution in [2.24, 2.45) is 5.41 Å². The normalized spacial score (nSPS) is 19.4. The zero-order chi connectivity index (χ0) is 12.8. The third-order valence-corrected chi connectivity index (χ3v) is 4.48. The van der Waals surface area contributed by atoms with E-state index >= 15 is 0 Å². The van der Waals surface area contributed by atoms with E-state index in [-0.39, 0.29) is 0 Å². The van der Waals surface area contributed by atoms with Gasteiger partial charge in [-0.1, -0.05) is 19.4 Å². The van der Waals surface area contributed by atoms with Crippen molar-refractivity contribution in [3.63, 3.8) is 0 Å². The minimum Gasteiger partial charge on any atom is -0.389 e. The fourth-order valence-electron chi connectivity index (χ4n) is 2.25. The summed E-state index contributed by atoms with van der Waals surface area (Å²) in [7, 11) is 0. The van der Waals surface area contributed by atoms with Gasteiger partial charge in [-0.2, -0.15) is 0 Å². The Labute approximate surface area is 113 Å². The predicted molar refractivity (Wildman–Crippen MR) is 74.8 cm³/mol. The van der Waals surface area contributed by atoms with Gasteiger partial charge in [-0.15, -0.1) is 11.3 Å². The van der Waals surface area contributed by atoms with Gasteiger partial charge in [-0.3, -0.25) is 0 Å². The number of thiophene rings is 1. The molecule has 18 heavy (non-hydrogen) atoms. The first-order chi connectivity index (χ1) is 8.68. The summed E-state index contributed by atoms with van der Waals surface area (Å²) in [6.07, 6.45) is 3.56. The first-order valence-corrected chi connectivity index (χ1v) is 7.55. The first-order valence-electron chi connectivity index (χ1n) is 6.67. The molecule has 0 saturated heterocycles. The van der Waals surface area contributed by atoms with Gasteiger partial charge in [0.05, 0.1) is 19.3 Å². The molecule has 0 bridgehead atoms. The third kappa shape index (κ3) is 4.35. The van der Waals surface area contributed by atoms with E-state index in [1.807, 2.05) is 17.5 Å². The number of aliphatic hydroxyl groups excluding tert-OH is 1. The number of hydrogen-bond acceptors (Lipinski definition) is 4. The van der Waals surface area contributed by atoms with Crippen LogP contribution in [0.1, 0.15) is 31.1 Å². The van der Waals surface area contributed by atoms with E-state index < -0.39 is 6.10 Å². The molecule has 1 fully saturated rings. The van der Waals surface area contributed by atoms with Crippen LogP contribution in [0.15, 0.2) is 17.5 Å². The van der Waals surface area contributed by atoms with E-state index in [2.05, 4.69) is 12.2 Å². The quantitative estimate of drug-likeness (QED) is 0.761. The highest BCUT2D eigenvalue weighted by molar-refractivity contribution is 7.09. The molecule has 0 aliphatic heterocycles. The second kappa shape index (κ2) is 6.66. The van der Waals surface area contributed by atoms with Crippen molar-refractivity contribution in [1.29, 1.82) is 0 Å². The average Bonchev–Trinajstić information content (AvgIpc) is 2.80. The summed E-state index contributed by atoms with van der Waals surface area (Å²) in [5.74, 6) is 0. The van der Waals surface area contributed by atoms with Crippen molar-refractivity contribution < 1.29 is 9.84 Å². The van der Waals surface area contributed by atoms with Gasteiger partial charge >= 0.3 is 0 Å². The fourth-order valence-corrected chi connectivity index (χ4v) is 2.89. The zero-order valence-corrected chi connectivity index (χ0v) is 11.8. The highest BCUT2D eigenvalue weighted by Crippen LogP contribution is 2.39. The molecule has 102 valence electrons. The molecule has 1 unspecified atom stereocenters. The van der Waals surface area contributed by atoms with Crippen LogP contribution in [0.4, 0.5) is 0 Å². The Bertz CT molecular complexity index is 336. The summed E-state index contributed by atoms with van der Waals surface area (Å²) < 4.78 is 5.48. The highest BCUT2D eigenvalue weighted by atomic mass is 32.1. The van der Waals surface area contributed by atoms with Crippen LogP contribution in [-0.2, 0) is 11.3 Å². The second-order valence-electron chi connectivity index (χ2n) is 5.54. The Morgan fingerprint density at radius 1 is 1.56 bits per heavy atom. The molecular formula is C14H23NO2S. The Kier molecular flexibility index (Phi) is 5.18. The van der Waals surface area contributed by atoms with Crippen molar-refractivity contribution >= 4 is 11.3 Å². The molecule has 4 heteroatoms. The minimum atomic E-state index is -0.409. The Morgan fingerprint density at radius 2 is 2.39 bits per heavy atom. The van der Waals surface area contributed by atoms with Crippen molar-refractivity contribution in [3.8, 4) is 0 Å². The fraction of sp³-hybridized carbons (Fsp3) is 0.714. The molecule has 2 rings (SSSR count). The van der Waals surface area contributed by atoms with E-state index in [9.17, 15) is 5.11 Å². The number of aliphatic hydroxyl groups is 1. The molecule has 0 aromatic carbocycles. The van der Waals surface area contributed by atoms with Gasteiger partial charge in [0.15, 0.2) is 0 Å². The molecule has 1 atom stereocenters. The van der Waals surface area contributed by atoms with Crippen LogP contribution < -0.4 is 5.32 Å². The van der Waals surface area contributed by atoms with Gasteiger partial charge in [0.25, 0.3) is 0 Å². The topological polar surface area (TPSA) is 41.5 Å². The van der Waals surface area contributed by atoms with Crippen LogP contribution in [0.2, 0.25) is 0 Å². The number of rotatable bonds is 8. The van der Waals surface area contributed by atoms with Gasteiger partial charge < -0.3 is 15.2 Å². The second-order valence-corrected chi connectivity index (χ2v) is 6.58. The van der Waals surface area contributed by atoms with Crippen LogP contribution in [0.25, 0.3) is 0 Å². The number of nitrogens with one attached hydrogen (secondary N) is 1. The zero-order valence-electron chi connectivity index (χ0n) is 11.0. The first kappa shape index (κ1) is 14.0. The van der Waals surface area contributed by atoms with Gasteiger partial charge in [0, 0.05) is 18.0 Å². The Hall–Kier alpha value is -0.420. The molecule has 1 heterocycles. The maximum Gasteiger partial charge on any atom is 0.0897 e. The third-order valence-electron chi connectivity index (χ3n) is 3.63. The number of ether oxygens (including phenoxy) is 1. The van der Waals surface area contributed by atoms with Crippen LogP contribution in [0.5, 0.6) is 0 Å². The summed E-state index contributed by atoms with van der Waals surface area (Å²) in [6, 6.07) is 4.06. The van der Waals surface area contributed by atoms with E-state index in [0.717, 1.165) is 6.54 Å². The van der Waals surface area contributed by atoms with E-state index in [1.54, 1.807) is 11.3 Å². The summed E-state index contributed by atoms with van der Waals surface area (Å²) >= 11 is 1.68. The average molecular weight is 269 g/mol. The maximum atomic E-state index is 9.78. The lowest BCUT2D eigenvalue weighted by atomic mass is 9.70. The monoisotopic (exact) mass is 269 g/mol. The van der Waals surface area contributed by atoms with Crippen molar-refractivity contribution in [2.75, 3.05) is 19.7 Å². The molecule has 1 aliphatic carbocycles. The molecule has 0 amide bonds. The highest BCUT2D eigenvalue weighted by Gasteiger charge is 2.31. The molecule has 1 aromatic rings. The Morgan fingerprint density at radius 3 is 3.00 bits per heavy atom. The lowest BCUT2D eigenvalue weighted by molar-refractivity contribution is 0.0271. The van der Waals surface area contributed by atoms with Crippen LogP contribution in [-0.4, -0.2) is 30.9 Å². The smallest absolute Gasteiger partial charge is 0.0897 e. The van der Waals surface area contributed by atoms with E-state index in [0.29, 0.717) is 25.2 Å². The van der Waals surface area contributed by atoms with Crippen molar-refractivity contribution in [3.05, 3.63) is 22.4 Å². The van der Waals surface area contributed by atoms with Gasteiger partial charge in [-0.25, -0.2) is 0 Å². The molecule has 0 spiro atoms. The molecule has 1 aromatic heterocycles. The molecule has 2 N–H and O–H groups in total. The largest absolute Gasteiger partial charge is 0.389 e. The molecule has 1 saturated carbocycles. The Balaban J connectivity index is 1.51. The molecule has 3 nitrogen and oxygen atoms in total. The molecule has 1 aliphatic rings. The number of hydrogen-bond donors (Lipinski definition) is 2. The van der Waals surface area contributed by atoms with Gasteiger partial charge in [0.2, 0.25) is 0 Å². The summed E-state index contributed by atoms with van der Waals surface area (Å²) in [5, 5.41) is 15.2. The predicted octanol–water partition coefficient (Wildman–Crippen LogP) is 2.41. The summed E-state index contributed by atoms with van der Waals surface area (Å²) in [4.78, 5) is 1.21. The summed E-state index contributed by atoms with van der Waals surface area (Å²) in [6.45, 7) is 4.95. The standard InChI is InChI=1S/C14H23NO2S/c1-14(5-3-6-14)11-15-8-12(16)9-17-10-13-4-2-7-18-13/h2,4,7,12,15-16H,3,5-6,8-11H2,1H3. The van der Waals surface area contributed by atoms with Crippen LogP contribution >= 0.6 is 11.3 Å². The van der Waals surface area contributed by atoms with Crippen LogP contribution in [0.3, 0.4) is 0 Å². The molecular weight excluding hydrogens is 246 g/mol. The lowest BCUT2D eigenvalue weighted by Crippen LogP contribution is -2.41. The maximum absolute atomic E-state index is 9.78. The van der Waals surface area contributed by atoms with Crippen LogP contribution in [0, 0.1) is 5.41 Å². The van der Waals surface area contributed by atoms with Crippen molar-refractivity contribution in [1.82, 2.24) is 5.32 Å². The van der Waals surface area contributed by atoms with E-state index in [1.165, 1.54) is 24.1 Å². The molecule has 0 radical (unpaired) electrons. The minimum absolute atomic E-state index is 0.404. The lowest BCUT2D eigenvalue weighted by Gasteiger charge is -2.38. The van der Waals surface area contributed by atoms with E-state index in [4.69, 9.17) is 4.74 Å². The van der Waals surface area contributed by atoms with Gasteiger partial charge in [0.1, 0.15) is 0 Å². The SMILES string of the molecule is CC1(CNCC(O)COCc2cccs2)CCC1. The van der Waals surface area contributed by atoms with Crippen molar-refractivity contribution in [2.45, 2.75) is 38.9 Å². The summed E-state index contributed by atoms with van der Waals surface area (Å²) in [5.41, 5.74) is 0.470. The van der Waals surface area contributed by atoms with Gasteiger partial charge in [-0.05, 0) is 29.7 Å².